The lowest BCUT2D eigenvalue weighted by atomic mass is 10.1. The fraction of sp³-hybridized carbons (Fsp3) is 0.458. The molecule has 0 bridgehead atoms. The van der Waals surface area contributed by atoms with E-state index in [2.05, 4.69) is 44.8 Å². The topological polar surface area (TPSA) is 67.4 Å². The molecule has 1 heterocycles. The van der Waals surface area contributed by atoms with Crippen molar-refractivity contribution in [3.63, 3.8) is 0 Å². The van der Waals surface area contributed by atoms with Crippen molar-refractivity contribution >= 4 is 35.6 Å². The predicted molar refractivity (Wildman–Crippen MR) is 141 cm³/mol. The van der Waals surface area contributed by atoms with Gasteiger partial charge in [-0.15, -0.1) is 24.0 Å². The van der Waals surface area contributed by atoms with Crippen molar-refractivity contribution < 1.29 is 14.2 Å². The van der Waals surface area contributed by atoms with Gasteiger partial charge in [-0.25, -0.2) is 0 Å². The molecule has 1 unspecified atom stereocenters. The van der Waals surface area contributed by atoms with Crippen LogP contribution in [0.25, 0.3) is 0 Å². The summed E-state index contributed by atoms with van der Waals surface area (Å²) in [4.78, 5) is 6.74. The summed E-state index contributed by atoms with van der Waals surface area (Å²) in [5, 5.41) is 6.99. The molecule has 2 aromatic carbocycles. The Morgan fingerprint density at radius 3 is 2.41 bits per heavy atom. The molecule has 0 radical (unpaired) electrons. The third-order valence-electron chi connectivity index (χ3n) is 5.52. The summed E-state index contributed by atoms with van der Waals surface area (Å²) in [5.41, 5.74) is 2.39. The molecule has 1 saturated heterocycles. The van der Waals surface area contributed by atoms with Gasteiger partial charge in [0, 0.05) is 56.6 Å². The molecule has 1 aliphatic heterocycles. The Balaban J connectivity index is 0.00000363. The molecule has 32 heavy (non-hydrogen) atoms. The summed E-state index contributed by atoms with van der Waals surface area (Å²) in [7, 11) is 6.87. The van der Waals surface area contributed by atoms with E-state index in [9.17, 15) is 0 Å². The number of rotatable bonds is 9. The molecule has 0 saturated carbocycles. The Hall–Kier alpha value is -2.36. The van der Waals surface area contributed by atoms with Gasteiger partial charge in [-0.3, -0.25) is 4.99 Å². The molecule has 0 spiro atoms. The van der Waals surface area contributed by atoms with Gasteiger partial charge in [0.2, 0.25) is 0 Å². The number of methoxy groups -OCH3 is 3. The average molecular weight is 554 g/mol. The van der Waals surface area contributed by atoms with E-state index in [4.69, 9.17) is 14.2 Å². The lowest BCUT2D eigenvalue weighted by Crippen LogP contribution is -2.44. The molecule has 1 fully saturated rings. The van der Waals surface area contributed by atoms with Gasteiger partial charge < -0.3 is 29.7 Å². The molecule has 0 amide bonds. The van der Waals surface area contributed by atoms with Crippen molar-refractivity contribution in [2.24, 2.45) is 4.99 Å². The first-order chi connectivity index (χ1) is 15.1. The molecule has 2 aromatic rings. The van der Waals surface area contributed by atoms with Crippen molar-refractivity contribution in [2.45, 2.75) is 25.3 Å². The van der Waals surface area contributed by atoms with Crippen LogP contribution in [0.3, 0.4) is 0 Å². The first-order valence-electron chi connectivity index (χ1n) is 10.7. The van der Waals surface area contributed by atoms with Crippen LogP contribution in [0.1, 0.15) is 18.4 Å². The van der Waals surface area contributed by atoms with Crippen LogP contribution in [0.4, 0.5) is 5.69 Å². The fourth-order valence-corrected chi connectivity index (χ4v) is 3.80. The van der Waals surface area contributed by atoms with Gasteiger partial charge in [0.05, 0.1) is 21.3 Å². The Labute approximate surface area is 208 Å². The van der Waals surface area contributed by atoms with E-state index in [1.807, 2.05) is 25.2 Å². The van der Waals surface area contributed by atoms with Crippen LogP contribution in [0.5, 0.6) is 17.2 Å². The van der Waals surface area contributed by atoms with Gasteiger partial charge in [0.1, 0.15) is 17.2 Å². The van der Waals surface area contributed by atoms with Crippen molar-refractivity contribution in [1.82, 2.24) is 10.6 Å². The Kier molecular flexibility index (Phi) is 10.7. The number of aliphatic imine (C=N–C) groups is 1. The molecule has 3 rings (SSSR count). The Morgan fingerprint density at radius 2 is 1.75 bits per heavy atom. The normalized spacial score (nSPS) is 15.7. The molecule has 2 N–H and O–H groups in total. The fourth-order valence-electron chi connectivity index (χ4n) is 3.80. The minimum atomic E-state index is 0. The standard InChI is InChI=1S/C24H34N4O3.HI/c1-25-24(26-11-6-8-18-7-5-9-21(13-18)29-2)27-19-10-12-28(17-19)20-14-22(30-3)16-23(15-20)31-4;/h5,7,9,13-16,19H,6,8,10-12,17H2,1-4H3,(H2,25,26,27);1H. The van der Waals surface area contributed by atoms with E-state index in [0.29, 0.717) is 6.04 Å². The second-order valence-electron chi connectivity index (χ2n) is 7.60. The van der Waals surface area contributed by atoms with Crippen LogP contribution in [0.15, 0.2) is 47.5 Å². The average Bonchev–Trinajstić information content (AvgIpc) is 3.29. The monoisotopic (exact) mass is 554 g/mol. The van der Waals surface area contributed by atoms with Gasteiger partial charge in [0.15, 0.2) is 5.96 Å². The number of hydrogen-bond acceptors (Lipinski definition) is 5. The van der Waals surface area contributed by atoms with Gasteiger partial charge in [0.25, 0.3) is 0 Å². The van der Waals surface area contributed by atoms with Gasteiger partial charge in [-0.2, -0.15) is 0 Å². The van der Waals surface area contributed by atoms with Crippen molar-refractivity contribution in [3.05, 3.63) is 48.0 Å². The van der Waals surface area contributed by atoms with E-state index < -0.39 is 0 Å². The molecule has 7 nitrogen and oxygen atoms in total. The number of nitrogens with zero attached hydrogens (tertiary/aromatic N) is 2. The van der Waals surface area contributed by atoms with Crippen molar-refractivity contribution in [2.75, 3.05) is 52.9 Å². The molecule has 0 aliphatic carbocycles. The third-order valence-corrected chi connectivity index (χ3v) is 5.52. The van der Waals surface area contributed by atoms with E-state index >= 15 is 0 Å². The number of benzene rings is 2. The predicted octanol–water partition coefficient (Wildman–Crippen LogP) is 3.71. The summed E-state index contributed by atoms with van der Waals surface area (Å²) in [6, 6.07) is 14.6. The number of halogens is 1. The number of aryl methyl sites for hydroxylation is 1. The smallest absolute Gasteiger partial charge is 0.191 e. The molecule has 176 valence electrons. The first kappa shape index (κ1) is 25.9. The van der Waals surface area contributed by atoms with E-state index in [-0.39, 0.29) is 24.0 Å². The second-order valence-corrected chi connectivity index (χ2v) is 7.60. The minimum absolute atomic E-state index is 0. The van der Waals surface area contributed by atoms with E-state index in [1.165, 1.54) is 5.56 Å². The Bertz CT molecular complexity index is 856. The molecular weight excluding hydrogens is 519 g/mol. The highest BCUT2D eigenvalue weighted by Gasteiger charge is 2.24. The third kappa shape index (κ3) is 7.36. The largest absolute Gasteiger partial charge is 0.497 e. The molecule has 8 heteroatoms. The highest BCUT2D eigenvalue weighted by molar-refractivity contribution is 14.0. The zero-order chi connectivity index (χ0) is 22.1. The van der Waals surface area contributed by atoms with Gasteiger partial charge in [-0.1, -0.05) is 12.1 Å². The molecule has 0 aromatic heterocycles. The van der Waals surface area contributed by atoms with Crippen LogP contribution in [0.2, 0.25) is 0 Å². The summed E-state index contributed by atoms with van der Waals surface area (Å²) >= 11 is 0. The zero-order valence-corrected chi connectivity index (χ0v) is 21.7. The minimum Gasteiger partial charge on any atom is -0.497 e. The molecule has 1 atom stereocenters. The van der Waals surface area contributed by atoms with Crippen LogP contribution in [0, 0.1) is 0 Å². The lowest BCUT2D eigenvalue weighted by Gasteiger charge is -2.21. The molecule has 1 aliphatic rings. The molecular formula is C24H35IN4O3. The van der Waals surface area contributed by atoms with Gasteiger partial charge >= 0.3 is 0 Å². The number of ether oxygens (including phenoxy) is 3. The van der Waals surface area contributed by atoms with Gasteiger partial charge in [-0.05, 0) is 37.0 Å². The number of anilines is 1. The highest BCUT2D eigenvalue weighted by atomic mass is 127. The maximum absolute atomic E-state index is 5.41. The maximum atomic E-state index is 5.41. The number of nitrogens with one attached hydrogen (secondary N) is 2. The van der Waals surface area contributed by atoms with E-state index in [1.54, 1.807) is 21.3 Å². The number of guanidine groups is 1. The Morgan fingerprint density at radius 1 is 1.03 bits per heavy atom. The van der Waals surface area contributed by atoms with Crippen LogP contribution < -0.4 is 29.7 Å². The van der Waals surface area contributed by atoms with E-state index in [0.717, 1.165) is 67.8 Å². The zero-order valence-electron chi connectivity index (χ0n) is 19.4. The summed E-state index contributed by atoms with van der Waals surface area (Å²) in [5.74, 6) is 3.36. The van der Waals surface area contributed by atoms with Crippen LogP contribution in [-0.4, -0.2) is 60.0 Å². The van der Waals surface area contributed by atoms with Crippen molar-refractivity contribution in [1.29, 1.82) is 0 Å². The second kappa shape index (κ2) is 13.2. The quantitative estimate of drug-likeness (QED) is 0.213. The van der Waals surface area contributed by atoms with Crippen LogP contribution in [-0.2, 0) is 6.42 Å². The summed E-state index contributed by atoms with van der Waals surface area (Å²) < 4.78 is 16.1. The summed E-state index contributed by atoms with van der Waals surface area (Å²) in [6.07, 6.45) is 3.06. The maximum Gasteiger partial charge on any atom is 0.191 e. The highest BCUT2D eigenvalue weighted by Crippen LogP contribution is 2.30. The lowest BCUT2D eigenvalue weighted by molar-refractivity contribution is 0.394. The summed E-state index contributed by atoms with van der Waals surface area (Å²) in [6.45, 7) is 2.74. The van der Waals surface area contributed by atoms with Crippen LogP contribution >= 0.6 is 24.0 Å². The first-order valence-corrected chi connectivity index (χ1v) is 10.7. The van der Waals surface area contributed by atoms with Crippen molar-refractivity contribution in [3.8, 4) is 17.2 Å². The number of hydrogen-bond donors (Lipinski definition) is 2. The SMILES string of the molecule is CN=C(NCCCc1cccc(OC)c1)NC1CCN(c2cc(OC)cc(OC)c2)C1.I.